The van der Waals surface area contributed by atoms with Crippen LogP contribution in [0.25, 0.3) is 0 Å². The van der Waals surface area contributed by atoms with Crippen LogP contribution in [0.1, 0.15) is 25.3 Å². The third-order valence-electron chi connectivity index (χ3n) is 4.18. The van der Waals surface area contributed by atoms with Crippen LogP contribution in [0.2, 0.25) is 0 Å². The Balaban J connectivity index is 2.33. The summed E-state index contributed by atoms with van der Waals surface area (Å²) in [6.07, 6.45) is 2.01. The Labute approximate surface area is 116 Å². The van der Waals surface area contributed by atoms with E-state index in [9.17, 15) is 5.11 Å². The molecule has 0 aromatic heterocycles. The summed E-state index contributed by atoms with van der Waals surface area (Å²) in [5.41, 5.74) is 2.64. The minimum absolute atomic E-state index is 0.258. The van der Waals surface area contributed by atoms with Gasteiger partial charge in [-0.05, 0) is 51.9 Å². The number of nitrogens with zero attached hydrogens (tertiary/aromatic N) is 2. The number of aryl methyl sites for hydroxylation is 1. The average Bonchev–Trinajstić information content (AvgIpc) is 2.51. The Morgan fingerprint density at radius 1 is 1.32 bits per heavy atom. The first-order valence-corrected chi connectivity index (χ1v) is 7.27. The quantitative estimate of drug-likeness (QED) is 0.905. The van der Waals surface area contributed by atoms with Crippen molar-refractivity contribution in [2.45, 2.75) is 38.8 Å². The molecular weight excluding hydrogens is 236 g/mol. The smallest absolute Gasteiger partial charge is 0.0451 e. The van der Waals surface area contributed by atoms with Crippen LogP contribution in [0, 0.1) is 6.92 Å². The van der Waals surface area contributed by atoms with Gasteiger partial charge in [-0.1, -0.05) is 18.2 Å². The molecular formula is C16H26N2O. The van der Waals surface area contributed by atoms with E-state index in [0.29, 0.717) is 12.1 Å². The van der Waals surface area contributed by atoms with Crippen LogP contribution in [0.5, 0.6) is 0 Å². The van der Waals surface area contributed by atoms with E-state index < -0.39 is 0 Å². The van der Waals surface area contributed by atoms with Crippen molar-refractivity contribution in [3.63, 3.8) is 0 Å². The molecule has 0 saturated carbocycles. The molecule has 1 aromatic rings. The van der Waals surface area contributed by atoms with Gasteiger partial charge in [0.1, 0.15) is 0 Å². The Kier molecular flexibility index (Phi) is 4.83. The van der Waals surface area contributed by atoms with E-state index in [-0.39, 0.29) is 6.61 Å². The number of hydrogen-bond donors (Lipinski definition) is 1. The predicted molar refractivity (Wildman–Crippen MR) is 80.7 cm³/mol. The molecule has 1 fully saturated rings. The Morgan fingerprint density at radius 3 is 2.74 bits per heavy atom. The first-order valence-electron chi connectivity index (χ1n) is 7.27. The second kappa shape index (κ2) is 6.40. The minimum Gasteiger partial charge on any atom is -0.396 e. The van der Waals surface area contributed by atoms with Gasteiger partial charge in [-0.3, -0.25) is 0 Å². The summed E-state index contributed by atoms with van der Waals surface area (Å²) in [6, 6.07) is 9.50. The third kappa shape index (κ3) is 3.28. The topological polar surface area (TPSA) is 26.7 Å². The fourth-order valence-electron chi connectivity index (χ4n) is 3.11. The zero-order valence-corrected chi connectivity index (χ0v) is 12.3. The van der Waals surface area contributed by atoms with Gasteiger partial charge in [-0.2, -0.15) is 0 Å². The second-order valence-corrected chi connectivity index (χ2v) is 5.76. The van der Waals surface area contributed by atoms with Crippen molar-refractivity contribution in [1.82, 2.24) is 4.90 Å². The minimum atomic E-state index is 0.258. The van der Waals surface area contributed by atoms with E-state index >= 15 is 0 Å². The lowest BCUT2D eigenvalue weighted by molar-refractivity contribution is 0.252. The van der Waals surface area contributed by atoms with E-state index in [0.717, 1.165) is 19.5 Å². The maximum atomic E-state index is 9.37. The number of hydrogen-bond acceptors (Lipinski definition) is 3. The second-order valence-electron chi connectivity index (χ2n) is 5.76. The summed E-state index contributed by atoms with van der Waals surface area (Å²) >= 11 is 0. The number of anilines is 1. The van der Waals surface area contributed by atoms with Gasteiger partial charge in [-0.15, -0.1) is 0 Å². The van der Waals surface area contributed by atoms with Crippen molar-refractivity contribution in [1.29, 1.82) is 0 Å². The molecule has 19 heavy (non-hydrogen) atoms. The monoisotopic (exact) mass is 262 g/mol. The van der Waals surface area contributed by atoms with Crippen molar-refractivity contribution in [3.8, 4) is 0 Å². The highest BCUT2D eigenvalue weighted by Crippen LogP contribution is 2.28. The summed E-state index contributed by atoms with van der Waals surface area (Å²) < 4.78 is 0. The zero-order valence-electron chi connectivity index (χ0n) is 12.3. The molecule has 1 aliphatic heterocycles. The van der Waals surface area contributed by atoms with Crippen LogP contribution >= 0.6 is 0 Å². The van der Waals surface area contributed by atoms with Crippen molar-refractivity contribution in [2.24, 2.45) is 0 Å². The van der Waals surface area contributed by atoms with Crippen LogP contribution in [-0.2, 0) is 0 Å². The number of aliphatic hydroxyl groups is 1. The number of aliphatic hydroxyl groups excluding tert-OH is 1. The summed E-state index contributed by atoms with van der Waals surface area (Å²) in [5, 5.41) is 9.37. The lowest BCUT2D eigenvalue weighted by atomic mass is 10.1. The summed E-state index contributed by atoms with van der Waals surface area (Å²) in [4.78, 5) is 4.91. The van der Waals surface area contributed by atoms with Crippen LogP contribution in [0.3, 0.4) is 0 Å². The maximum Gasteiger partial charge on any atom is 0.0451 e. The lowest BCUT2D eigenvalue weighted by Gasteiger charge is -2.37. The summed E-state index contributed by atoms with van der Waals surface area (Å²) in [5.74, 6) is 0. The summed E-state index contributed by atoms with van der Waals surface area (Å²) in [7, 11) is 2.18. The molecule has 106 valence electrons. The van der Waals surface area contributed by atoms with Gasteiger partial charge < -0.3 is 14.9 Å². The molecule has 3 nitrogen and oxygen atoms in total. The first-order chi connectivity index (χ1) is 9.13. The van der Waals surface area contributed by atoms with Crippen LogP contribution in [0.15, 0.2) is 24.3 Å². The summed E-state index contributed by atoms with van der Waals surface area (Å²) in [6.45, 7) is 6.89. The normalized spacial score (nSPS) is 25.4. The average molecular weight is 262 g/mol. The van der Waals surface area contributed by atoms with Crippen molar-refractivity contribution < 1.29 is 5.11 Å². The van der Waals surface area contributed by atoms with Crippen LogP contribution in [-0.4, -0.2) is 48.8 Å². The predicted octanol–water partition coefficient (Wildman–Crippen LogP) is 2.28. The number of benzene rings is 1. The molecule has 0 radical (unpaired) electrons. The van der Waals surface area contributed by atoms with Crippen molar-refractivity contribution >= 4 is 5.69 Å². The molecule has 0 bridgehead atoms. The van der Waals surface area contributed by atoms with E-state index in [2.05, 4.69) is 55.0 Å². The SMILES string of the molecule is Cc1ccccc1N1C(C)CCN(C)CC1CCO. The fourth-order valence-corrected chi connectivity index (χ4v) is 3.11. The highest BCUT2D eigenvalue weighted by molar-refractivity contribution is 5.54. The highest BCUT2D eigenvalue weighted by Gasteiger charge is 2.28. The molecule has 3 heteroatoms. The highest BCUT2D eigenvalue weighted by atomic mass is 16.3. The van der Waals surface area contributed by atoms with Gasteiger partial charge in [0, 0.05) is 30.9 Å². The molecule has 1 aliphatic rings. The molecule has 1 heterocycles. The number of likely N-dealkylation sites (N-methyl/N-ethyl adjacent to an activating group) is 1. The van der Waals surface area contributed by atoms with Gasteiger partial charge in [0.05, 0.1) is 0 Å². The zero-order chi connectivity index (χ0) is 13.8. The van der Waals surface area contributed by atoms with Gasteiger partial charge >= 0.3 is 0 Å². The molecule has 1 N–H and O–H groups in total. The van der Waals surface area contributed by atoms with E-state index in [4.69, 9.17) is 0 Å². The fraction of sp³-hybridized carbons (Fsp3) is 0.625. The van der Waals surface area contributed by atoms with Crippen LogP contribution < -0.4 is 4.90 Å². The van der Waals surface area contributed by atoms with Crippen LogP contribution in [0.4, 0.5) is 5.69 Å². The van der Waals surface area contributed by atoms with E-state index in [1.54, 1.807) is 0 Å². The van der Waals surface area contributed by atoms with Crippen molar-refractivity contribution in [3.05, 3.63) is 29.8 Å². The molecule has 0 spiro atoms. The van der Waals surface area contributed by atoms with E-state index in [1.165, 1.54) is 17.7 Å². The number of rotatable bonds is 3. The molecule has 2 atom stereocenters. The first kappa shape index (κ1) is 14.4. The molecule has 2 rings (SSSR count). The Morgan fingerprint density at radius 2 is 2.05 bits per heavy atom. The van der Waals surface area contributed by atoms with Crippen molar-refractivity contribution in [2.75, 3.05) is 31.6 Å². The Hall–Kier alpha value is -1.06. The maximum absolute atomic E-state index is 9.37. The molecule has 1 aromatic carbocycles. The van der Waals surface area contributed by atoms with Gasteiger partial charge in [-0.25, -0.2) is 0 Å². The van der Waals surface area contributed by atoms with Gasteiger partial charge in [0.15, 0.2) is 0 Å². The molecule has 0 amide bonds. The van der Waals surface area contributed by atoms with Gasteiger partial charge in [0.2, 0.25) is 0 Å². The van der Waals surface area contributed by atoms with Gasteiger partial charge in [0.25, 0.3) is 0 Å². The largest absolute Gasteiger partial charge is 0.396 e. The third-order valence-corrected chi connectivity index (χ3v) is 4.18. The van der Waals surface area contributed by atoms with E-state index in [1.807, 2.05) is 0 Å². The number of para-hydroxylation sites is 1. The lowest BCUT2D eigenvalue weighted by Crippen LogP contribution is -2.45. The molecule has 1 saturated heterocycles. The standard InChI is InChI=1S/C16H26N2O/c1-13-6-4-5-7-16(13)18-14(2)8-10-17(3)12-15(18)9-11-19/h4-7,14-15,19H,8-12H2,1-3H3. The molecule has 0 aliphatic carbocycles. The molecule has 2 unspecified atom stereocenters. The Bertz CT molecular complexity index is 407.